The van der Waals surface area contributed by atoms with E-state index in [0.717, 1.165) is 37.7 Å². The third kappa shape index (κ3) is 8.45. The zero-order valence-corrected chi connectivity index (χ0v) is 20.9. The molecule has 1 aliphatic heterocycles. The van der Waals surface area contributed by atoms with E-state index in [9.17, 15) is 32.5 Å². The van der Waals surface area contributed by atoms with Crippen LogP contribution in [0.3, 0.4) is 0 Å². The minimum absolute atomic E-state index is 0.00529. The van der Waals surface area contributed by atoms with Crippen molar-refractivity contribution in [3.8, 4) is 0 Å². The normalized spacial score (nSPS) is 21.2. The van der Waals surface area contributed by atoms with E-state index in [2.05, 4.69) is 16.0 Å². The van der Waals surface area contributed by atoms with Gasteiger partial charge in [-0.1, -0.05) is 62.4 Å². The van der Waals surface area contributed by atoms with Crippen LogP contribution in [0, 0.1) is 11.8 Å². The van der Waals surface area contributed by atoms with Crippen LogP contribution in [0.2, 0.25) is 0 Å². The van der Waals surface area contributed by atoms with Crippen LogP contribution in [0.4, 0.5) is 4.79 Å². The highest BCUT2D eigenvalue weighted by Gasteiger charge is 2.38. The maximum absolute atomic E-state index is 13.3. The molecule has 1 aromatic rings. The fourth-order valence-corrected chi connectivity index (χ4v) is 5.40. The molecule has 0 bridgehead atoms. The number of carbonyl (C=O) groups is 3. The van der Waals surface area contributed by atoms with E-state index in [4.69, 9.17) is 4.74 Å². The van der Waals surface area contributed by atoms with Gasteiger partial charge < -0.3 is 25.8 Å². The van der Waals surface area contributed by atoms with E-state index >= 15 is 0 Å². The van der Waals surface area contributed by atoms with E-state index < -0.39 is 45.6 Å². The first-order valence-corrected chi connectivity index (χ1v) is 13.8. The van der Waals surface area contributed by atoms with Gasteiger partial charge in [0.2, 0.25) is 17.3 Å². The lowest BCUT2D eigenvalue weighted by molar-refractivity contribution is -0.126. The van der Waals surface area contributed by atoms with Crippen LogP contribution in [0.15, 0.2) is 30.3 Å². The van der Waals surface area contributed by atoms with Gasteiger partial charge in [-0.3, -0.25) is 14.1 Å². The van der Waals surface area contributed by atoms with Gasteiger partial charge in [-0.05, 0) is 30.7 Å². The molecule has 3 amide bonds. The Bertz CT molecular complexity index is 998. The van der Waals surface area contributed by atoms with Crippen LogP contribution in [-0.4, -0.2) is 60.0 Å². The van der Waals surface area contributed by atoms with Crippen molar-refractivity contribution in [1.29, 1.82) is 0 Å². The summed E-state index contributed by atoms with van der Waals surface area (Å²) >= 11 is 0. The Hall–Kier alpha value is -2.70. The Morgan fingerprint density at radius 1 is 1.06 bits per heavy atom. The van der Waals surface area contributed by atoms with E-state index in [1.807, 2.05) is 6.07 Å². The fraction of sp³-hybridized carbons (Fsp3) is 0.625. The second kappa shape index (κ2) is 13.0. The van der Waals surface area contributed by atoms with Gasteiger partial charge in [-0.2, -0.15) is 8.42 Å². The molecule has 5 N–H and O–H groups in total. The number of ether oxygens (including phenoxy) is 1. The summed E-state index contributed by atoms with van der Waals surface area (Å²) in [4.78, 5) is 37.8. The molecular formula is C24H35N3O8S. The molecule has 0 radical (unpaired) electrons. The zero-order chi connectivity index (χ0) is 26.1. The standard InChI is InChI=1S/C24H35N3O8S/c28-21-18(11-12-25-21)14-20(23(30)36(32,33)34)26-22(29)19(13-16-7-3-1-4-8-16)27-24(31)35-15-17-9-5-2-6-10-17/h2,5-6,9-10,16,18-20,23,30H,1,3-4,7-8,11-15H2,(H,25,28)(H,26,29)(H,27,31)(H,32,33,34)/t18-,19?,20?,23?/m0/s1. The van der Waals surface area contributed by atoms with Gasteiger partial charge in [0, 0.05) is 12.5 Å². The van der Waals surface area contributed by atoms with Crippen molar-refractivity contribution in [3.05, 3.63) is 35.9 Å². The van der Waals surface area contributed by atoms with E-state index in [1.165, 1.54) is 0 Å². The number of alkyl carbamates (subject to hydrolysis) is 1. The fourth-order valence-electron chi connectivity index (χ4n) is 4.81. The highest BCUT2D eigenvalue weighted by molar-refractivity contribution is 7.86. The van der Waals surface area contributed by atoms with Crippen LogP contribution in [0.1, 0.15) is 56.9 Å². The van der Waals surface area contributed by atoms with E-state index in [0.29, 0.717) is 19.4 Å². The number of benzene rings is 1. The van der Waals surface area contributed by atoms with Crippen LogP contribution < -0.4 is 16.0 Å². The summed E-state index contributed by atoms with van der Waals surface area (Å²) < 4.78 is 38.0. The third-order valence-electron chi connectivity index (χ3n) is 6.79. The second-order valence-corrected chi connectivity index (χ2v) is 11.0. The summed E-state index contributed by atoms with van der Waals surface area (Å²) in [6.45, 7) is 0.399. The van der Waals surface area contributed by atoms with E-state index in [-0.39, 0.29) is 24.9 Å². The molecular weight excluding hydrogens is 490 g/mol. The minimum Gasteiger partial charge on any atom is -0.445 e. The first kappa shape index (κ1) is 27.9. The van der Waals surface area contributed by atoms with Crippen molar-refractivity contribution in [2.24, 2.45) is 11.8 Å². The van der Waals surface area contributed by atoms with E-state index in [1.54, 1.807) is 24.3 Å². The zero-order valence-electron chi connectivity index (χ0n) is 20.1. The summed E-state index contributed by atoms with van der Waals surface area (Å²) in [7, 11) is -4.92. The summed E-state index contributed by atoms with van der Waals surface area (Å²) in [5.41, 5.74) is -1.55. The lowest BCUT2D eigenvalue weighted by atomic mass is 9.84. The lowest BCUT2D eigenvalue weighted by Crippen LogP contribution is -2.55. The van der Waals surface area contributed by atoms with Crippen molar-refractivity contribution in [2.45, 2.75) is 75.5 Å². The monoisotopic (exact) mass is 525 g/mol. The highest BCUT2D eigenvalue weighted by atomic mass is 32.2. The van der Waals surface area contributed by atoms with Gasteiger partial charge in [-0.25, -0.2) is 4.79 Å². The number of aliphatic hydroxyl groups is 1. The van der Waals surface area contributed by atoms with Crippen LogP contribution >= 0.6 is 0 Å². The largest absolute Gasteiger partial charge is 0.445 e. The van der Waals surface area contributed by atoms with Crippen molar-refractivity contribution >= 4 is 28.0 Å². The molecule has 200 valence electrons. The highest BCUT2D eigenvalue weighted by Crippen LogP contribution is 2.28. The van der Waals surface area contributed by atoms with Gasteiger partial charge in [0.1, 0.15) is 12.6 Å². The molecule has 12 heteroatoms. The molecule has 1 saturated carbocycles. The molecule has 2 aliphatic rings. The molecule has 2 fully saturated rings. The van der Waals surface area contributed by atoms with Crippen LogP contribution in [-0.2, 0) is 31.1 Å². The molecule has 3 unspecified atom stereocenters. The molecule has 0 spiro atoms. The minimum atomic E-state index is -4.92. The number of hydrogen-bond donors (Lipinski definition) is 5. The Morgan fingerprint density at radius 3 is 2.36 bits per heavy atom. The lowest BCUT2D eigenvalue weighted by Gasteiger charge is -2.29. The van der Waals surface area contributed by atoms with Gasteiger partial charge in [-0.15, -0.1) is 0 Å². The Balaban J connectivity index is 1.70. The predicted molar refractivity (Wildman–Crippen MR) is 130 cm³/mol. The number of aliphatic hydroxyl groups excluding tert-OH is 1. The van der Waals surface area contributed by atoms with Gasteiger partial charge in [0.15, 0.2) is 0 Å². The molecule has 1 saturated heterocycles. The summed E-state index contributed by atoms with van der Waals surface area (Å²) in [5.74, 6) is -1.50. The van der Waals surface area contributed by atoms with Crippen molar-refractivity contribution in [2.75, 3.05) is 6.54 Å². The van der Waals surface area contributed by atoms with Gasteiger partial charge in [0.25, 0.3) is 10.1 Å². The second-order valence-electron chi connectivity index (χ2n) is 9.53. The maximum atomic E-state index is 13.3. The van der Waals surface area contributed by atoms with Crippen molar-refractivity contribution in [1.82, 2.24) is 16.0 Å². The Morgan fingerprint density at radius 2 is 1.75 bits per heavy atom. The molecule has 36 heavy (non-hydrogen) atoms. The Kier molecular flexibility index (Phi) is 10.1. The van der Waals surface area contributed by atoms with Crippen molar-refractivity contribution < 1.29 is 37.2 Å². The topological polar surface area (TPSA) is 171 Å². The quantitative estimate of drug-likeness (QED) is 0.270. The van der Waals surface area contributed by atoms with Gasteiger partial charge >= 0.3 is 6.09 Å². The molecule has 1 aliphatic carbocycles. The number of rotatable bonds is 11. The SMILES string of the molecule is O=C(NC(CC1CCCCC1)C(=O)NC(C[C@@H]1CCNC1=O)C(O)S(=O)(=O)O)OCc1ccccc1. The van der Waals surface area contributed by atoms with Gasteiger partial charge in [0.05, 0.1) is 6.04 Å². The number of nitrogens with one attached hydrogen (secondary N) is 3. The number of amides is 3. The number of hydrogen-bond acceptors (Lipinski definition) is 7. The molecule has 3 rings (SSSR count). The first-order valence-electron chi connectivity index (χ1n) is 12.3. The summed E-state index contributed by atoms with van der Waals surface area (Å²) in [5, 5.41) is 17.9. The third-order valence-corrected chi connectivity index (χ3v) is 7.73. The molecule has 11 nitrogen and oxygen atoms in total. The van der Waals surface area contributed by atoms with Crippen LogP contribution in [0.5, 0.6) is 0 Å². The summed E-state index contributed by atoms with van der Waals surface area (Å²) in [6, 6.07) is 6.53. The predicted octanol–water partition coefficient (Wildman–Crippen LogP) is 1.47. The molecule has 1 aromatic carbocycles. The molecule has 4 atom stereocenters. The Labute approximate surface area is 211 Å². The first-order chi connectivity index (χ1) is 17.1. The smallest absolute Gasteiger partial charge is 0.408 e. The molecule has 1 heterocycles. The summed E-state index contributed by atoms with van der Waals surface area (Å²) in [6.07, 6.45) is 4.63. The van der Waals surface area contributed by atoms with Crippen molar-refractivity contribution in [3.63, 3.8) is 0 Å². The molecule has 0 aromatic heterocycles. The van der Waals surface area contributed by atoms with Crippen LogP contribution in [0.25, 0.3) is 0 Å². The average Bonchev–Trinajstić information content (AvgIpc) is 3.26. The maximum Gasteiger partial charge on any atom is 0.408 e. The number of carbonyl (C=O) groups excluding carboxylic acids is 3. The average molecular weight is 526 g/mol.